The lowest BCUT2D eigenvalue weighted by Gasteiger charge is -2.33. The summed E-state index contributed by atoms with van der Waals surface area (Å²) in [7, 11) is 0. The van der Waals surface area contributed by atoms with Crippen molar-refractivity contribution in [3.05, 3.63) is 20.3 Å². The summed E-state index contributed by atoms with van der Waals surface area (Å²) >= 11 is 5.14. The molecule has 1 rings (SSSR count). The van der Waals surface area contributed by atoms with Crippen molar-refractivity contribution in [2.24, 2.45) is 11.1 Å². The molecule has 0 saturated heterocycles. The van der Waals surface area contributed by atoms with Crippen LogP contribution in [0.25, 0.3) is 0 Å². The lowest BCUT2D eigenvalue weighted by Crippen LogP contribution is -2.43. The van der Waals surface area contributed by atoms with Gasteiger partial charge in [0.05, 0.1) is 10.5 Å². The number of hydrogen-bond donors (Lipinski definition) is 2. The van der Waals surface area contributed by atoms with Crippen LogP contribution in [0.1, 0.15) is 57.2 Å². The summed E-state index contributed by atoms with van der Waals surface area (Å²) in [5.41, 5.74) is 0.265. The molecule has 0 amide bonds. The molecule has 25 heavy (non-hydrogen) atoms. The number of thiophene rings is 1. The maximum atomic E-state index is 10.4. The first-order valence-corrected chi connectivity index (χ1v) is 10.3. The van der Waals surface area contributed by atoms with Crippen molar-refractivity contribution in [3.8, 4) is 0 Å². The minimum absolute atomic E-state index is 0.0561. The SMILES string of the molecule is CCCN(CCC(C)/C(=N\O)c1sc(C)cc1Br)C(O)OC(C)(C)C. The van der Waals surface area contributed by atoms with E-state index >= 15 is 0 Å². The number of rotatable bonds is 9. The van der Waals surface area contributed by atoms with E-state index in [1.807, 2.05) is 45.6 Å². The predicted molar refractivity (Wildman–Crippen MR) is 108 cm³/mol. The summed E-state index contributed by atoms with van der Waals surface area (Å²) in [4.78, 5) is 4.05. The van der Waals surface area contributed by atoms with Crippen LogP contribution >= 0.6 is 27.3 Å². The van der Waals surface area contributed by atoms with Crippen LogP contribution in [0.3, 0.4) is 0 Å². The molecular formula is C18H31BrN2O3S. The number of aliphatic hydroxyl groups excluding tert-OH is 1. The molecule has 2 N–H and O–H groups in total. The van der Waals surface area contributed by atoms with Crippen molar-refractivity contribution in [2.75, 3.05) is 13.1 Å². The molecular weight excluding hydrogens is 404 g/mol. The Bertz CT molecular complexity index is 569. The van der Waals surface area contributed by atoms with Crippen LogP contribution in [-0.4, -0.2) is 46.0 Å². The van der Waals surface area contributed by atoms with Gasteiger partial charge in [-0.25, -0.2) is 0 Å². The summed E-state index contributed by atoms with van der Waals surface area (Å²) < 4.78 is 6.63. The molecule has 0 aromatic carbocycles. The number of nitrogens with zero attached hydrogens (tertiary/aromatic N) is 2. The van der Waals surface area contributed by atoms with E-state index in [4.69, 9.17) is 4.74 Å². The van der Waals surface area contributed by atoms with Crippen LogP contribution < -0.4 is 0 Å². The Kier molecular flexibility index (Phi) is 9.04. The summed E-state index contributed by atoms with van der Waals surface area (Å²) in [6.45, 7) is 13.3. The lowest BCUT2D eigenvalue weighted by atomic mass is 10.00. The second-order valence-corrected chi connectivity index (χ2v) is 9.41. The zero-order valence-electron chi connectivity index (χ0n) is 16.0. The van der Waals surface area contributed by atoms with E-state index in [-0.39, 0.29) is 5.92 Å². The Morgan fingerprint density at radius 1 is 1.40 bits per heavy atom. The van der Waals surface area contributed by atoms with Crippen LogP contribution in [0.5, 0.6) is 0 Å². The maximum Gasteiger partial charge on any atom is 0.216 e. The Morgan fingerprint density at radius 3 is 2.48 bits per heavy atom. The van der Waals surface area contributed by atoms with Crippen molar-refractivity contribution >= 4 is 33.0 Å². The largest absolute Gasteiger partial charge is 0.411 e. The van der Waals surface area contributed by atoms with E-state index in [2.05, 4.69) is 28.0 Å². The number of ether oxygens (including phenoxy) is 1. The summed E-state index contributed by atoms with van der Waals surface area (Å²) in [5.74, 6) is 0.0561. The number of halogens is 1. The van der Waals surface area contributed by atoms with Gasteiger partial charge in [0.2, 0.25) is 6.41 Å². The van der Waals surface area contributed by atoms with Crippen molar-refractivity contribution in [3.63, 3.8) is 0 Å². The van der Waals surface area contributed by atoms with Gasteiger partial charge in [0.15, 0.2) is 0 Å². The molecule has 2 atom stereocenters. The van der Waals surface area contributed by atoms with Gasteiger partial charge in [-0.2, -0.15) is 0 Å². The van der Waals surface area contributed by atoms with E-state index in [1.165, 1.54) is 0 Å². The number of aliphatic hydroxyl groups is 1. The van der Waals surface area contributed by atoms with Gasteiger partial charge in [0.25, 0.3) is 0 Å². The number of aryl methyl sites for hydroxylation is 1. The number of oxime groups is 1. The third kappa shape index (κ3) is 7.35. The highest BCUT2D eigenvalue weighted by molar-refractivity contribution is 9.10. The highest BCUT2D eigenvalue weighted by Crippen LogP contribution is 2.30. The smallest absolute Gasteiger partial charge is 0.216 e. The van der Waals surface area contributed by atoms with Crippen LogP contribution in [0.15, 0.2) is 15.7 Å². The lowest BCUT2D eigenvalue weighted by molar-refractivity contribution is -0.239. The number of hydrogen-bond acceptors (Lipinski definition) is 6. The Balaban J connectivity index is 2.75. The highest BCUT2D eigenvalue weighted by Gasteiger charge is 2.24. The van der Waals surface area contributed by atoms with Gasteiger partial charge in [-0.05, 0) is 62.5 Å². The third-order valence-corrected chi connectivity index (χ3v) is 5.71. The van der Waals surface area contributed by atoms with E-state index in [0.717, 1.165) is 33.6 Å². The van der Waals surface area contributed by atoms with Gasteiger partial charge in [0, 0.05) is 28.4 Å². The molecule has 0 spiro atoms. The quantitative estimate of drug-likeness (QED) is 0.253. The van der Waals surface area contributed by atoms with Crippen LogP contribution in [0, 0.1) is 12.8 Å². The maximum absolute atomic E-state index is 10.4. The monoisotopic (exact) mass is 434 g/mol. The van der Waals surface area contributed by atoms with Crippen molar-refractivity contribution in [1.29, 1.82) is 0 Å². The van der Waals surface area contributed by atoms with Crippen LogP contribution in [0.2, 0.25) is 0 Å². The minimum Gasteiger partial charge on any atom is -0.411 e. The average Bonchev–Trinajstić information content (AvgIpc) is 2.81. The van der Waals surface area contributed by atoms with Crippen molar-refractivity contribution in [1.82, 2.24) is 4.90 Å². The molecule has 1 heterocycles. The van der Waals surface area contributed by atoms with Gasteiger partial charge in [-0.1, -0.05) is 19.0 Å². The molecule has 1 aromatic rings. The zero-order valence-corrected chi connectivity index (χ0v) is 18.4. The fraction of sp³-hybridized carbons (Fsp3) is 0.722. The average molecular weight is 435 g/mol. The van der Waals surface area contributed by atoms with Crippen molar-refractivity contribution < 1.29 is 15.1 Å². The molecule has 1 aromatic heterocycles. The Hall–Kier alpha value is -0.470. The molecule has 0 aliphatic carbocycles. The molecule has 0 aliphatic heterocycles. The first-order valence-electron chi connectivity index (χ1n) is 8.67. The first kappa shape index (κ1) is 22.6. The summed E-state index contributed by atoms with van der Waals surface area (Å²) in [6.07, 6.45) is 0.750. The Morgan fingerprint density at radius 2 is 2.04 bits per heavy atom. The molecule has 144 valence electrons. The molecule has 7 heteroatoms. The molecule has 0 radical (unpaired) electrons. The van der Waals surface area contributed by atoms with Gasteiger partial charge in [-0.3, -0.25) is 4.90 Å². The molecule has 0 bridgehead atoms. The standard InChI is InChI=1S/C18H31BrN2O3S/c1-7-9-21(17(22)24-18(4,5)6)10-8-12(2)15(20-23)16-14(19)11-13(3)25-16/h11-12,17,22-23H,7-10H2,1-6H3/b20-15+. The second kappa shape index (κ2) is 10.0. The first-order chi connectivity index (χ1) is 11.6. The summed E-state index contributed by atoms with van der Waals surface area (Å²) in [5, 5.41) is 23.4. The van der Waals surface area contributed by atoms with Crippen molar-refractivity contribution in [2.45, 2.75) is 66.4 Å². The third-order valence-electron chi connectivity index (χ3n) is 3.75. The van der Waals surface area contributed by atoms with Crippen LogP contribution in [-0.2, 0) is 4.74 Å². The van der Waals surface area contributed by atoms with E-state index in [1.54, 1.807) is 11.3 Å². The molecule has 0 aliphatic rings. The van der Waals surface area contributed by atoms with Gasteiger partial charge >= 0.3 is 0 Å². The highest BCUT2D eigenvalue weighted by atomic mass is 79.9. The fourth-order valence-corrected chi connectivity index (χ4v) is 4.48. The predicted octanol–water partition coefficient (Wildman–Crippen LogP) is 4.83. The summed E-state index contributed by atoms with van der Waals surface area (Å²) in [6, 6.07) is 2.03. The van der Waals surface area contributed by atoms with E-state index in [0.29, 0.717) is 12.3 Å². The Labute approximate surface area is 163 Å². The second-order valence-electron chi connectivity index (χ2n) is 7.30. The van der Waals surface area contributed by atoms with Gasteiger partial charge in [0.1, 0.15) is 5.71 Å². The molecule has 5 nitrogen and oxygen atoms in total. The molecule has 2 unspecified atom stereocenters. The van der Waals surface area contributed by atoms with Crippen LogP contribution in [0.4, 0.5) is 0 Å². The fourth-order valence-electron chi connectivity index (χ4n) is 2.53. The topological polar surface area (TPSA) is 65.3 Å². The zero-order chi connectivity index (χ0) is 19.2. The van der Waals surface area contributed by atoms with Gasteiger partial charge in [-0.15, -0.1) is 11.3 Å². The normalized spacial score (nSPS) is 15.6. The molecule has 0 fully saturated rings. The molecule has 0 saturated carbocycles. The minimum atomic E-state index is -0.933. The van der Waals surface area contributed by atoms with E-state index in [9.17, 15) is 10.3 Å². The van der Waals surface area contributed by atoms with E-state index < -0.39 is 12.0 Å². The van der Waals surface area contributed by atoms with Gasteiger partial charge < -0.3 is 15.1 Å².